The van der Waals surface area contributed by atoms with Crippen molar-refractivity contribution >= 4 is 27.3 Å². The molecule has 2 aromatic heterocycles. The van der Waals surface area contributed by atoms with Gasteiger partial charge in [-0.1, -0.05) is 18.3 Å². The van der Waals surface area contributed by atoms with E-state index in [2.05, 4.69) is 38.4 Å². The maximum atomic E-state index is 5.19. The van der Waals surface area contributed by atoms with E-state index in [1.165, 1.54) is 0 Å². The van der Waals surface area contributed by atoms with Crippen LogP contribution >= 0.6 is 27.3 Å². The molecule has 0 saturated heterocycles. The summed E-state index contributed by atoms with van der Waals surface area (Å²) in [6.07, 6.45) is 3.71. The Morgan fingerprint density at radius 1 is 1.47 bits per heavy atom. The Hall–Kier alpha value is -0.720. The van der Waals surface area contributed by atoms with E-state index in [9.17, 15) is 0 Å². The van der Waals surface area contributed by atoms with Crippen molar-refractivity contribution in [2.75, 3.05) is 13.1 Å². The van der Waals surface area contributed by atoms with Crippen molar-refractivity contribution in [2.24, 2.45) is 0 Å². The highest BCUT2D eigenvalue weighted by atomic mass is 79.9. The lowest BCUT2D eigenvalue weighted by Crippen LogP contribution is -2.14. The van der Waals surface area contributed by atoms with Gasteiger partial charge in [-0.2, -0.15) is 0 Å². The largest absolute Gasteiger partial charge is 0.457 e. The third-order valence-corrected chi connectivity index (χ3v) is 3.94. The van der Waals surface area contributed by atoms with Crippen molar-refractivity contribution in [2.45, 2.75) is 19.8 Å². The fraction of sp³-hybridized carbons (Fsp3) is 0.455. The summed E-state index contributed by atoms with van der Waals surface area (Å²) in [5.41, 5.74) is 0.973. The molecule has 0 radical (unpaired) electrons. The maximum absolute atomic E-state index is 5.19. The quantitative estimate of drug-likeness (QED) is 0.832. The highest BCUT2D eigenvalue weighted by Crippen LogP contribution is 2.31. The van der Waals surface area contributed by atoms with E-state index in [0.717, 1.165) is 41.5 Å². The highest BCUT2D eigenvalue weighted by Gasteiger charge is 2.11. The summed E-state index contributed by atoms with van der Waals surface area (Å²) >= 11 is 4.97. The van der Waals surface area contributed by atoms with Crippen LogP contribution in [0, 0.1) is 0 Å². The second-order valence-electron chi connectivity index (χ2n) is 3.57. The summed E-state index contributed by atoms with van der Waals surface area (Å²) < 4.78 is 5.90. The van der Waals surface area contributed by atoms with Crippen molar-refractivity contribution < 1.29 is 4.42 Å². The first kappa shape index (κ1) is 12.7. The van der Waals surface area contributed by atoms with Crippen molar-refractivity contribution in [1.29, 1.82) is 0 Å². The molecule has 0 saturated carbocycles. The van der Waals surface area contributed by atoms with Crippen LogP contribution < -0.4 is 5.32 Å². The van der Waals surface area contributed by atoms with Gasteiger partial charge in [-0.15, -0.1) is 10.2 Å². The van der Waals surface area contributed by atoms with Crippen LogP contribution in [0.3, 0.4) is 0 Å². The first-order chi connectivity index (χ1) is 8.31. The minimum absolute atomic E-state index is 0.716. The van der Waals surface area contributed by atoms with Gasteiger partial charge in [-0.25, -0.2) is 0 Å². The molecule has 0 aromatic carbocycles. The molecule has 92 valence electrons. The number of aryl methyl sites for hydroxylation is 1. The second-order valence-corrected chi connectivity index (χ2v) is 5.35. The average molecular weight is 316 g/mol. The van der Waals surface area contributed by atoms with Gasteiger partial charge >= 0.3 is 0 Å². The van der Waals surface area contributed by atoms with E-state index < -0.39 is 0 Å². The lowest BCUT2D eigenvalue weighted by Gasteiger charge is -1.97. The normalized spacial score (nSPS) is 10.9. The molecule has 0 aliphatic carbocycles. The fourth-order valence-electron chi connectivity index (χ4n) is 1.45. The SMILES string of the molecule is CCNCCCc1nnc(-c2ccoc2Br)s1. The van der Waals surface area contributed by atoms with E-state index in [0.29, 0.717) is 4.67 Å². The molecule has 0 aliphatic rings. The van der Waals surface area contributed by atoms with Crippen LogP contribution in [0.15, 0.2) is 21.4 Å². The Morgan fingerprint density at radius 2 is 2.35 bits per heavy atom. The third kappa shape index (κ3) is 3.37. The van der Waals surface area contributed by atoms with E-state index in [1.807, 2.05) is 6.07 Å². The third-order valence-electron chi connectivity index (χ3n) is 2.31. The van der Waals surface area contributed by atoms with Gasteiger partial charge in [0.1, 0.15) is 5.01 Å². The fourth-order valence-corrected chi connectivity index (χ4v) is 2.91. The molecule has 2 aromatic rings. The topological polar surface area (TPSA) is 51.0 Å². The lowest BCUT2D eigenvalue weighted by molar-refractivity contribution is 0.542. The molecule has 0 unspecified atom stereocenters. The van der Waals surface area contributed by atoms with Gasteiger partial charge < -0.3 is 9.73 Å². The summed E-state index contributed by atoms with van der Waals surface area (Å²) in [6, 6.07) is 1.90. The van der Waals surface area contributed by atoms with Gasteiger partial charge in [0.05, 0.1) is 11.8 Å². The van der Waals surface area contributed by atoms with E-state index in [1.54, 1.807) is 17.6 Å². The van der Waals surface area contributed by atoms with Crippen molar-refractivity contribution in [3.63, 3.8) is 0 Å². The van der Waals surface area contributed by atoms with Crippen LogP contribution in [0.4, 0.5) is 0 Å². The molecular formula is C11H14BrN3OS. The van der Waals surface area contributed by atoms with Gasteiger partial charge in [0.15, 0.2) is 9.68 Å². The smallest absolute Gasteiger partial charge is 0.179 e. The van der Waals surface area contributed by atoms with Crippen LogP contribution in [-0.4, -0.2) is 23.3 Å². The van der Waals surface area contributed by atoms with Crippen molar-refractivity contribution in [3.8, 4) is 10.6 Å². The molecule has 0 amide bonds. The molecule has 0 fully saturated rings. The summed E-state index contributed by atoms with van der Waals surface area (Å²) in [5.74, 6) is 0. The number of nitrogens with one attached hydrogen (secondary N) is 1. The lowest BCUT2D eigenvalue weighted by atomic mass is 10.3. The summed E-state index contributed by atoms with van der Waals surface area (Å²) in [7, 11) is 0. The number of aromatic nitrogens is 2. The Kier molecular flexibility index (Phi) is 4.70. The van der Waals surface area contributed by atoms with Gasteiger partial charge in [0, 0.05) is 6.42 Å². The van der Waals surface area contributed by atoms with Gasteiger partial charge in [0.25, 0.3) is 0 Å². The number of hydrogen-bond donors (Lipinski definition) is 1. The van der Waals surface area contributed by atoms with Gasteiger partial charge in [-0.3, -0.25) is 0 Å². The summed E-state index contributed by atoms with van der Waals surface area (Å²) in [5, 5.41) is 13.6. The van der Waals surface area contributed by atoms with Gasteiger partial charge in [0.2, 0.25) is 0 Å². The molecular weight excluding hydrogens is 302 g/mol. The molecule has 0 bridgehead atoms. The Bertz CT molecular complexity index is 469. The van der Waals surface area contributed by atoms with Crippen molar-refractivity contribution in [1.82, 2.24) is 15.5 Å². The number of furan rings is 1. The monoisotopic (exact) mass is 315 g/mol. The number of nitrogens with zero attached hydrogens (tertiary/aromatic N) is 2. The summed E-state index contributed by atoms with van der Waals surface area (Å²) in [6.45, 7) is 4.16. The zero-order valence-electron chi connectivity index (χ0n) is 9.57. The van der Waals surface area contributed by atoms with Crippen LogP contribution in [0.1, 0.15) is 18.4 Å². The minimum Gasteiger partial charge on any atom is -0.457 e. The number of hydrogen-bond acceptors (Lipinski definition) is 5. The molecule has 0 spiro atoms. The standard InChI is InChI=1S/C11H14BrN3OS/c1-2-13-6-3-4-9-14-15-11(17-9)8-5-7-16-10(8)12/h5,7,13H,2-4,6H2,1H3. The average Bonchev–Trinajstić information content (AvgIpc) is 2.93. The molecule has 0 aliphatic heterocycles. The maximum Gasteiger partial charge on any atom is 0.179 e. The number of halogens is 1. The van der Waals surface area contributed by atoms with Crippen LogP contribution in [-0.2, 0) is 6.42 Å². The number of rotatable bonds is 6. The molecule has 2 heterocycles. The highest BCUT2D eigenvalue weighted by molar-refractivity contribution is 9.10. The minimum atomic E-state index is 0.716. The second kappa shape index (κ2) is 6.28. The Balaban J connectivity index is 1.95. The Morgan fingerprint density at radius 3 is 3.06 bits per heavy atom. The first-order valence-corrected chi connectivity index (χ1v) is 7.18. The molecule has 17 heavy (non-hydrogen) atoms. The zero-order valence-corrected chi connectivity index (χ0v) is 12.0. The first-order valence-electron chi connectivity index (χ1n) is 5.57. The zero-order chi connectivity index (χ0) is 12.1. The predicted molar refractivity (Wildman–Crippen MR) is 72.2 cm³/mol. The van der Waals surface area contributed by atoms with E-state index in [-0.39, 0.29) is 0 Å². The van der Waals surface area contributed by atoms with E-state index in [4.69, 9.17) is 4.42 Å². The molecule has 0 atom stereocenters. The van der Waals surface area contributed by atoms with E-state index >= 15 is 0 Å². The van der Waals surface area contributed by atoms with Gasteiger partial charge in [-0.05, 0) is 41.5 Å². The predicted octanol–water partition coefficient (Wildman–Crippen LogP) is 3.10. The van der Waals surface area contributed by atoms with Crippen molar-refractivity contribution in [3.05, 3.63) is 22.0 Å². The summed E-state index contributed by atoms with van der Waals surface area (Å²) in [4.78, 5) is 0. The van der Waals surface area contributed by atoms with Crippen LogP contribution in [0.2, 0.25) is 0 Å². The molecule has 4 nitrogen and oxygen atoms in total. The molecule has 6 heteroatoms. The van der Waals surface area contributed by atoms with Crippen LogP contribution in [0.25, 0.3) is 10.6 Å². The molecule has 2 rings (SSSR count). The van der Waals surface area contributed by atoms with Crippen LogP contribution in [0.5, 0.6) is 0 Å². The Labute approximate surface area is 113 Å². The molecule has 1 N–H and O–H groups in total.